The minimum atomic E-state index is -0.368. The Bertz CT molecular complexity index is 910. The summed E-state index contributed by atoms with van der Waals surface area (Å²) in [6.45, 7) is 14.6. The SMILES string of the molecule is C=C/C=C(C)\C(C(=O)NC)=C(\O)CNc1nsnc1NCc1ccc(C)s1.CC(C)C. The van der Waals surface area contributed by atoms with Crippen molar-refractivity contribution in [1.29, 1.82) is 0 Å². The second kappa shape index (κ2) is 13.6. The van der Waals surface area contributed by atoms with E-state index in [1.165, 1.54) is 16.8 Å². The van der Waals surface area contributed by atoms with Crippen LogP contribution >= 0.6 is 23.1 Å². The number of aryl methyl sites for hydroxylation is 1. The Morgan fingerprint density at radius 3 is 2.35 bits per heavy atom. The van der Waals surface area contributed by atoms with Gasteiger partial charge in [0.25, 0.3) is 5.91 Å². The zero-order valence-electron chi connectivity index (χ0n) is 19.1. The highest BCUT2D eigenvalue weighted by molar-refractivity contribution is 7.11. The van der Waals surface area contributed by atoms with Crippen molar-refractivity contribution in [2.45, 2.75) is 41.2 Å². The first kappa shape index (κ1) is 26.4. The Hall–Kier alpha value is -2.65. The summed E-state index contributed by atoms with van der Waals surface area (Å²) >= 11 is 2.79. The van der Waals surface area contributed by atoms with E-state index in [1.54, 1.807) is 30.4 Å². The molecule has 0 unspecified atom stereocenters. The number of amides is 1. The number of carbonyl (C=O) groups excluding carboxylic acids is 1. The van der Waals surface area contributed by atoms with Crippen LogP contribution < -0.4 is 16.0 Å². The highest BCUT2D eigenvalue weighted by Crippen LogP contribution is 2.22. The molecule has 170 valence electrons. The van der Waals surface area contributed by atoms with Crippen LogP contribution in [0.1, 0.15) is 37.4 Å². The largest absolute Gasteiger partial charge is 0.510 e. The molecule has 2 rings (SSSR count). The number of aromatic nitrogens is 2. The summed E-state index contributed by atoms with van der Waals surface area (Å²) < 4.78 is 8.44. The molecule has 0 atom stereocenters. The average molecular weight is 464 g/mol. The van der Waals surface area contributed by atoms with Gasteiger partial charge in [0.2, 0.25) is 0 Å². The maximum absolute atomic E-state index is 12.1. The van der Waals surface area contributed by atoms with Crippen LogP contribution in [0.15, 0.2) is 47.8 Å². The number of hydrogen-bond donors (Lipinski definition) is 4. The lowest BCUT2D eigenvalue weighted by Gasteiger charge is -2.11. The Morgan fingerprint density at radius 1 is 1.23 bits per heavy atom. The van der Waals surface area contributed by atoms with Crippen LogP contribution in [0.5, 0.6) is 0 Å². The van der Waals surface area contributed by atoms with Gasteiger partial charge in [0.1, 0.15) is 5.76 Å². The highest BCUT2D eigenvalue weighted by atomic mass is 32.1. The quantitative estimate of drug-likeness (QED) is 0.229. The number of aliphatic hydroxyl groups is 1. The fourth-order valence-corrected chi connectivity index (χ4v) is 3.69. The molecule has 0 aliphatic heterocycles. The number of carbonyl (C=O) groups is 1. The summed E-state index contributed by atoms with van der Waals surface area (Å²) in [6, 6.07) is 4.14. The predicted molar refractivity (Wildman–Crippen MR) is 133 cm³/mol. The first-order chi connectivity index (χ1) is 14.7. The molecule has 0 aromatic carbocycles. The second-order valence-electron chi connectivity index (χ2n) is 7.40. The fourth-order valence-electron chi connectivity index (χ4n) is 2.35. The molecule has 31 heavy (non-hydrogen) atoms. The molecule has 0 aliphatic carbocycles. The van der Waals surface area contributed by atoms with Crippen molar-refractivity contribution in [2.24, 2.45) is 5.92 Å². The lowest BCUT2D eigenvalue weighted by molar-refractivity contribution is -0.117. The summed E-state index contributed by atoms with van der Waals surface area (Å²) in [4.78, 5) is 14.5. The fraction of sp³-hybridized carbons (Fsp3) is 0.409. The number of allylic oxidation sites excluding steroid dienone is 2. The van der Waals surface area contributed by atoms with Crippen LogP contribution in [-0.4, -0.2) is 33.4 Å². The van der Waals surface area contributed by atoms with Gasteiger partial charge in [0.05, 0.1) is 30.4 Å². The molecule has 0 saturated heterocycles. The Kier molecular flexibility index (Phi) is 11.6. The van der Waals surface area contributed by atoms with Crippen molar-refractivity contribution in [1.82, 2.24) is 14.1 Å². The van der Waals surface area contributed by atoms with Crippen molar-refractivity contribution < 1.29 is 9.90 Å². The molecule has 0 radical (unpaired) electrons. The molecule has 0 fully saturated rings. The Labute approximate surface area is 193 Å². The molecule has 0 bridgehead atoms. The van der Waals surface area contributed by atoms with E-state index >= 15 is 0 Å². The van der Waals surface area contributed by atoms with Crippen molar-refractivity contribution in [3.63, 3.8) is 0 Å². The normalized spacial score (nSPS) is 11.9. The lowest BCUT2D eigenvalue weighted by Crippen LogP contribution is -2.24. The molecule has 2 heterocycles. The molecule has 4 N–H and O–H groups in total. The summed E-state index contributed by atoms with van der Waals surface area (Å²) in [7, 11) is 1.52. The third kappa shape index (κ3) is 9.35. The summed E-state index contributed by atoms with van der Waals surface area (Å²) in [5.41, 5.74) is 0.822. The van der Waals surface area contributed by atoms with Crippen LogP contribution in [0, 0.1) is 12.8 Å². The monoisotopic (exact) mass is 463 g/mol. The smallest absolute Gasteiger partial charge is 0.254 e. The van der Waals surface area contributed by atoms with Gasteiger partial charge in [-0.15, -0.1) is 11.3 Å². The third-order valence-electron chi connectivity index (χ3n) is 3.64. The van der Waals surface area contributed by atoms with E-state index in [1.807, 2.05) is 0 Å². The van der Waals surface area contributed by atoms with Crippen LogP contribution in [-0.2, 0) is 11.3 Å². The van der Waals surface area contributed by atoms with E-state index in [4.69, 9.17) is 0 Å². The third-order valence-corrected chi connectivity index (χ3v) is 5.17. The number of hydrogen-bond acceptors (Lipinski definition) is 8. The van der Waals surface area contributed by atoms with E-state index in [0.29, 0.717) is 23.8 Å². The molecular formula is C22H33N5O2S2. The minimum absolute atomic E-state index is 0.0449. The van der Waals surface area contributed by atoms with E-state index < -0.39 is 0 Å². The summed E-state index contributed by atoms with van der Waals surface area (Å²) in [6.07, 6.45) is 3.23. The molecular weight excluding hydrogens is 430 g/mol. The predicted octanol–water partition coefficient (Wildman–Crippen LogP) is 5.28. The maximum atomic E-state index is 12.1. The molecule has 2 aromatic heterocycles. The number of likely N-dealkylation sites (N-methyl/N-ethyl adjacent to an activating group) is 1. The molecule has 0 saturated carbocycles. The van der Waals surface area contributed by atoms with Crippen LogP contribution in [0.2, 0.25) is 0 Å². The number of anilines is 2. The van der Waals surface area contributed by atoms with Gasteiger partial charge in [-0.2, -0.15) is 8.75 Å². The van der Waals surface area contributed by atoms with Gasteiger partial charge in [-0.3, -0.25) is 4.79 Å². The van der Waals surface area contributed by atoms with Crippen molar-refractivity contribution >= 4 is 40.6 Å². The van der Waals surface area contributed by atoms with Crippen molar-refractivity contribution in [2.75, 3.05) is 24.2 Å². The molecule has 7 nitrogen and oxygen atoms in total. The van der Waals surface area contributed by atoms with E-state index in [0.717, 1.165) is 17.6 Å². The number of aliphatic hydroxyl groups excluding tert-OH is 1. The number of rotatable bonds is 9. The van der Waals surface area contributed by atoms with Gasteiger partial charge in [0, 0.05) is 16.8 Å². The van der Waals surface area contributed by atoms with Gasteiger partial charge in [0.15, 0.2) is 11.6 Å². The van der Waals surface area contributed by atoms with E-state index in [9.17, 15) is 9.90 Å². The number of nitrogens with one attached hydrogen (secondary N) is 3. The van der Waals surface area contributed by atoms with Gasteiger partial charge in [-0.25, -0.2) is 0 Å². The first-order valence-corrected chi connectivity index (χ1v) is 11.5. The minimum Gasteiger partial charge on any atom is -0.510 e. The van der Waals surface area contributed by atoms with Gasteiger partial charge in [-0.1, -0.05) is 39.5 Å². The topological polar surface area (TPSA) is 99.2 Å². The second-order valence-corrected chi connectivity index (χ2v) is 9.30. The maximum Gasteiger partial charge on any atom is 0.254 e. The lowest BCUT2D eigenvalue weighted by atomic mass is 10.0. The van der Waals surface area contributed by atoms with Crippen LogP contribution in [0.3, 0.4) is 0 Å². The van der Waals surface area contributed by atoms with Gasteiger partial charge in [-0.05, 0) is 37.5 Å². The highest BCUT2D eigenvalue weighted by Gasteiger charge is 2.17. The van der Waals surface area contributed by atoms with E-state index in [2.05, 4.69) is 71.1 Å². The van der Waals surface area contributed by atoms with E-state index in [-0.39, 0.29) is 23.8 Å². The Morgan fingerprint density at radius 2 is 1.84 bits per heavy atom. The Balaban J connectivity index is 0.00000110. The zero-order valence-corrected chi connectivity index (χ0v) is 20.7. The number of nitrogens with zero attached hydrogens (tertiary/aromatic N) is 2. The number of thiophene rings is 1. The molecule has 1 amide bonds. The van der Waals surface area contributed by atoms with Crippen LogP contribution in [0.25, 0.3) is 0 Å². The molecule has 0 spiro atoms. The molecule has 2 aromatic rings. The molecule has 0 aliphatic rings. The van der Waals surface area contributed by atoms with Crippen molar-refractivity contribution in [3.05, 3.63) is 57.5 Å². The zero-order chi connectivity index (χ0) is 23.4. The van der Waals surface area contributed by atoms with Gasteiger partial charge >= 0.3 is 0 Å². The standard InChI is InChI=1S/C18H23N5O2S2.C4H10/c1-5-6-11(2)15(18(25)19-4)14(24)10-21-17-16(22-27-23-17)20-9-13-8-7-12(3)26-13;1-4(2)3/h5-8,24H,1,9-10H2,2-4H3,(H,19,25)(H,20,22)(H,21,23);4H,1-3H3/b11-6-,15-14-;. The molecule has 9 heteroatoms. The summed E-state index contributed by atoms with van der Waals surface area (Å²) in [5.74, 6) is 1.52. The van der Waals surface area contributed by atoms with Crippen molar-refractivity contribution in [3.8, 4) is 0 Å². The van der Waals surface area contributed by atoms with Crippen LogP contribution in [0.4, 0.5) is 11.6 Å². The summed E-state index contributed by atoms with van der Waals surface area (Å²) in [5, 5.41) is 19.2. The van der Waals surface area contributed by atoms with Gasteiger partial charge < -0.3 is 21.1 Å². The average Bonchev–Trinajstić information content (AvgIpc) is 3.32. The first-order valence-electron chi connectivity index (χ1n) is 9.99.